The molecule has 2 saturated heterocycles. The fourth-order valence-electron chi connectivity index (χ4n) is 2.24. The minimum atomic E-state index is 0.0285. The number of unbranched alkanes of at least 4 members (excludes halogenated alkanes) is 2. The van der Waals surface area contributed by atoms with Gasteiger partial charge in [0.15, 0.2) is 0 Å². The number of carbonyl (C=O) groups excluding carboxylic acids is 1. The molecule has 2 rings (SSSR count). The number of amides is 2. The molecule has 0 aromatic heterocycles. The van der Waals surface area contributed by atoms with Gasteiger partial charge in [-0.15, -0.1) is 0 Å². The zero-order valence-corrected chi connectivity index (χ0v) is 9.40. The monoisotopic (exact) mass is 214 g/mol. The van der Waals surface area contributed by atoms with E-state index in [9.17, 15) is 4.79 Å². The Hall–Kier alpha value is -0.380. The maximum Gasteiger partial charge on any atom is 0.315 e. The summed E-state index contributed by atoms with van der Waals surface area (Å²) in [6.07, 6.45) is 5.14. The molecule has 2 heterocycles. The van der Waals surface area contributed by atoms with Crippen LogP contribution in [-0.4, -0.2) is 29.1 Å². The van der Waals surface area contributed by atoms with Crippen LogP contribution in [0.15, 0.2) is 0 Å². The van der Waals surface area contributed by atoms with Crippen LogP contribution in [0.4, 0.5) is 4.79 Å². The van der Waals surface area contributed by atoms with Gasteiger partial charge in [0, 0.05) is 11.0 Å². The summed E-state index contributed by atoms with van der Waals surface area (Å²) in [5.41, 5.74) is 0. The van der Waals surface area contributed by atoms with E-state index in [0.29, 0.717) is 17.3 Å². The van der Waals surface area contributed by atoms with Crippen LogP contribution in [0.2, 0.25) is 0 Å². The van der Waals surface area contributed by atoms with Gasteiger partial charge in [0.25, 0.3) is 0 Å². The van der Waals surface area contributed by atoms with Gasteiger partial charge >= 0.3 is 6.03 Å². The SMILES string of the molecule is CCCCCC1SC[C@H]2NC(=O)N[C@@H]12. The Labute approximate surface area is 89.4 Å². The van der Waals surface area contributed by atoms with E-state index in [-0.39, 0.29) is 6.03 Å². The maximum atomic E-state index is 11.1. The Balaban J connectivity index is 1.80. The highest BCUT2D eigenvalue weighted by Gasteiger charge is 2.42. The van der Waals surface area contributed by atoms with Crippen molar-refractivity contribution < 1.29 is 4.79 Å². The van der Waals surface area contributed by atoms with Gasteiger partial charge in [-0.3, -0.25) is 0 Å². The number of fused-ring (bicyclic) bond motifs is 1. The third-order valence-corrected chi connectivity index (χ3v) is 4.54. The number of hydrogen-bond acceptors (Lipinski definition) is 2. The van der Waals surface area contributed by atoms with E-state index in [2.05, 4.69) is 17.6 Å². The lowest BCUT2D eigenvalue weighted by molar-refractivity contribution is 0.247. The highest BCUT2D eigenvalue weighted by Crippen LogP contribution is 2.33. The molecule has 0 aliphatic carbocycles. The minimum Gasteiger partial charge on any atom is -0.332 e. The number of hydrogen-bond donors (Lipinski definition) is 2. The average Bonchev–Trinajstić information content (AvgIpc) is 2.66. The largest absolute Gasteiger partial charge is 0.332 e. The Morgan fingerprint density at radius 2 is 2.29 bits per heavy atom. The summed E-state index contributed by atoms with van der Waals surface area (Å²) in [6, 6.07) is 0.810. The molecule has 0 bridgehead atoms. The van der Waals surface area contributed by atoms with Crippen LogP contribution in [0.3, 0.4) is 0 Å². The minimum absolute atomic E-state index is 0.0285. The highest BCUT2D eigenvalue weighted by atomic mass is 32.2. The van der Waals surface area contributed by atoms with Crippen LogP contribution in [0.1, 0.15) is 32.6 Å². The van der Waals surface area contributed by atoms with Crippen LogP contribution in [0.5, 0.6) is 0 Å². The summed E-state index contributed by atoms with van der Waals surface area (Å²) in [6.45, 7) is 2.23. The lowest BCUT2D eigenvalue weighted by Crippen LogP contribution is -2.36. The van der Waals surface area contributed by atoms with E-state index in [1.807, 2.05) is 11.8 Å². The van der Waals surface area contributed by atoms with E-state index in [4.69, 9.17) is 0 Å². The topological polar surface area (TPSA) is 41.1 Å². The zero-order valence-electron chi connectivity index (χ0n) is 8.58. The van der Waals surface area contributed by atoms with Crippen molar-refractivity contribution >= 4 is 17.8 Å². The Kier molecular flexibility index (Phi) is 3.21. The van der Waals surface area contributed by atoms with Gasteiger partial charge < -0.3 is 10.6 Å². The summed E-state index contributed by atoms with van der Waals surface area (Å²) in [5.74, 6) is 1.08. The molecule has 3 atom stereocenters. The Morgan fingerprint density at radius 3 is 3.07 bits per heavy atom. The lowest BCUT2D eigenvalue weighted by atomic mass is 10.0. The van der Waals surface area contributed by atoms with Crippen molar-refractivity contribution in [3.05, 3.63) is 0 Å². The van der Waals surface area contributed by atoms with Crippen molar-refractivity contribution in [1.29, 1.82) is 0 Å². The smallest absolute Gasteiger partial charge is 0.315 e. The fourth-order valence-corrected chi connectivity index (χ4v) is 3.78. The van der Waals surface area contributed by atoms with E-state index in [0.717, 1.165) is 5.75 Å². The van der Waals surface area contributed by atoms with Crippen LogP contribution >= 0.6 is 11.8 Å². The molecule has 0 aromatic carbocycles. The van der Waals surface area contributed by atoms with Crippen molar-refractivity contribution in [3.8, 4) is 0 Å². The molecule has 80 valence electrons. The molecule has 4 heteroatoms. The predicted octanol–water partition coefficient (Wildman–Crippen LogP) is 1.73. The van der Waals surface area contributed by atoms with Gasteiger partial charge in [-0.1, -0.05) is 26.2 Å². The Morgan fingerprint density at radius 1 is 1.43 bits per heavy atom. The van der Waals surface area contributed by atoms with Crippen LogP contribution in [0, 0.1) is 0 Å². The molecule has 2 aliphatic rings. The number of rotatable bonds is 4. The molecule has 3 nitrogen and oxygen atoms in total. The van der Waals surface area contributed by atoms with Crippen LogP contribution < -0.4 is 10.6 Å². The molecule has 0 saturated carbocycles. The van der Waals surface area contributed by atoms with Crippen molar-refractivity contribution in [3.63, 3.8) is 0 Å². The quantitative estimate of drug-likeness (QED) is 0.553. The first-order chi connectivity index (χ1) is 6.81. The normalized spacial score (nSPS) is 35.2. The second kappa shape index (κ2) is 4.43. The van der Waals surface area contributed by atoms with Crippen molar-refractivity contribution in [2.24, 2.45) is 0 Å². The molecule has 0 aromatic rings. The van der Waals surface area contributed by atoms with Gasteiger partial charge in [-0.2, -0.15) is 11.8 Å². The first kappa shape index (κ1) is 10.1. The predicted molar refractivity (Wildman–Crippen MR) is 59.6 cm³/mol. The molecule has 2 N–H and O–H groups in total. The number of thioether (sulfide) groups is 1. The number of urea groups is 1. The molecule has 14 heavy (non-hydrogen) atoms. The summed E-state index contributed by atoms with van der Waals surface area (Å²) >= 11 is 2.01. The summed E-state index contributed by atoms with van der Waals surface area (Å²) < 4.78 is 0. The second-order valence-electron chi connectivity index (χ2n) is 4.12. The van der Waals surface area contributed by atoms with Crippen molar-refractivity contribution in [2.45, 2.75) is 49.9 Å². The zero-order chi connectivity index (χ0) is 9.97. The van der Waals surface area contributed by atoms with E-state index < -0.39 is 0 Å². The molecular weight excluding hydrogens is 196 g/mol. The lowest BCUT2D eigenvalue weighted by Gasteiger charge is -2.16. The molecule has 2 amide bonds. The third-order valence-electron chi connectivity index (χ3n) is 3.03. The summed E-state index contributed by atoms with van der Waals surface area (Å²) in [7, 11) is 0. The van der Waals surface area contributed by atoms with Gasteiger partial charge in [0.2, 0.25) is 0 Å². The van der Waals surface area contributed by atoms with Gasteiger partial charge in [-0.05, 0) is 6.42 Å². The van der Waals surface area contributed by atoms with E-state index in [1.165, 1.54) is 25.7 Å². The molecule has 1 unspecified atom stereocenters. The molecular formula is C10H18N2OS. The van der Waals surface area contributed by atoms with Gasteiger partial charge in [0.05, 0.1) is 12.1 Å². The first-order valence-corrected chi connectivity index (χ1v) is 6.54. The van der Waals surface area contributed by atoms with Crippen molar-refractivity contribution in [1.82, 2.24) is 10.6 Å². The molecule has 2 aliphatic heterocycles. The maximum absolute atomic E-state index is 11.1. The highest BCUT2D eigenvalue weighted by molar-refractivity contribution is 8.00. The standard InChI is InChI=1S/C10H18N2OS/c1-2-3-4-5-8-9-7(6-14-8)11-10(13)12-9/h7-9H,2-6H2,1H3,(H2,11,12,13)/t7-,8?,9-/m1/s1. The average molecular weight is 214 g/mol. The second-order valence-corrected chi connectivity index (χ2v) is 5.39. The van der Waals surface area contributed by atoms with Crippen molar-refractivity contribution in [2.75, 3.05) is 5.75 Å². The van der Waals surface area contributed by atoms with E-state index in [1.54, 1.807) is 0 Å². The number of nitrogens with one attached hydrogen (secondary N) is 2. The summed E-state index contributed by atoms with van der Waals surface area (Å²) in [4.78, 5) is 11.1. The fraction of sp³-hybridized carbons (Fsp3) is 0.900. The van der Waals surface area contributed by atoms with Crippen LogP contribution in [0.25, 0.3) is 0 Å². The van der Waals surface area contributed by atoms with Crippen LogP contribution in [-0.2, 0) is 0 Å². The number of carbonyl (C=O) groups is 1. The molecule has 0 radical (unpaired) electrons. The Bertz CT molecular complexity index is 222. The van der Waals surface area contributed by atoms with Gasteiger partial charge in [0.1, 0.15) is 0 Å². The molecule has 2 fully saturated rings. The third kappa shape index (κ3) is 2.00. The molecule has 0 spiro atoms. The summed E-state index contributed by atoms with van der Waals surface area (Å²) in [5, 5.41) is 6.63. The van der Waals surface area contributed by atoms with Gasteiger partial charge in [-0.25, -0.2) is 4.79 Å². The first-order valence-electron chi connectivity index (χ1n) is 5.50. The van der Waals surface area contributed by atoms with E-state index >= 15 is 0 Å².